The first-order valence-corrected chi connectivity index (χ1v) is 4.70. The van der Waals surface area contributed by atoms with Crippen molar-refractivity contribution < 1.29 is 27.4 Å². The van der Waals surface area contributed by atoms with E-state index in [9.17, 15) is 18.0 Å². The Hall–Kier alpha value is -1.79. The maximum atomic E-state index is 13.6. The number of alkyl halides is 2. The molecule has 0 fully saturated rings. The Labute approximate surface area is 95.4 Å². The molecule has 0 saturated carbocycles. The van der Waals surface area contributed by atoms with Gasteiger partial charge < -0.3 is 9.47 Å². The Balaban J connectivity index is 3.27. The van der Waals surface area contributed by atoms with Crippen molar-refractivity contribution in [3.63, 3.8) is 0 Å². The van der Waals surface area contributed by atoms with Crippen LogP contribution < -0.4 is 4.74 Å². The van der Waals surface area contributed by atoms with E-state index in [-0.39, 0.29) is 6.61 Å². The number of esters is 1. The molecule has 17 heavy (non-hydrogen) atoms. The van der Waals surface area contributed by atoms with Gasteiger partial charge in [-0.2, -0.15) is 0 Å². The van der Waals surface area contributed by atoms with E-state index in [0.29, 0.717) is 0 Å². The molecule has 0 atom stereocenters. The summed E-state index contributed by atoms with van der Waals surface area (Å²) in [4.78, 5) is 14.7. The number of nitrogens with zero attached hydrogens (tertiary/aromatic N) is 1. The topological polar surface area (TPSA) is 48.4 Å². The van der Waals surface area contributed by atoms with Gasteiger partial charge in [0.15, 0.2) is 5.82 Å². The molecule has 0 aliphatic heterocycles. The minimum absolute atomic E-state index is 0.00825. The molecule has 0 amide bonds. The van der Waals surface area contributed by atoms with Crippen LogP contribution in [0.5, 0.6) is 5.88 Å². The summed E-state index contributed by atoms with van der Waals surface area (Å²) in [6.45, 7) is 1.52. The molecule has 0 bridgehead atoms. The van der Waals surface area contributed by atoms with E-state index in [2.05, 4.69) is 14.5 Å². The summed E-state index contributed by atoms with van der Waals surface area (Å²) in [5, 5.41) is 0. The molecular weight excluding hydrogens is 239 g/mol. The Kier molecular flexibility index (Phi) is 4.30. The molecule has 0 saturated heterocycles. The van der Waals surface area contributed by atoms with Gasteiger partial charge in [-0.3, -0.25) is 0 Å². The van der Waals surface area contributed by atoms with E-state index in [1.54, 1.807) is 0 Å². The summed E-state index contributed by atoms with van der Waals surface area (Å²) in [5.74, 6) is -2.96. The molecule has 1 aromatic heterocycles. The molecule has 0 radical (unpaired) electrons. The number of methoxy groups -OCH3 is 1. The van der Waals surface area contributed by atoms with Crippen molar-refractivity contribution in [2.75, 3.05) is 13.7 Å². The van der Waals surface area contributed by atoms with Crippen molar-refractivity contribution in [3.05, 3.63) is 23.1 Å². The number of halogens is 3. The summed E-state index contributed by atoms with van der Waals surface area (Å²) in [6, 6.07) is 0. The fraction of sp³-hybridized carbons (Fsp3) is 0.400. The molecule has 1 heterocycles. The van der Waals surface area contributed by atoms with Crippen molar-refractivity contribution in [1.29, 1.82) is 0 Å². The van der Waals surface area contributed by atoms with Gasteiger partial charge in [0.1, 0.15) is 11.1 Å². The third-order valence-electron chi connectivity index (χ3n) is 1.92. The second-order valence-electron chi connectivity index (χ2n) is 2.93. The largest absolute Gasteiger partial charge is 0.481 e. The van der Waals surface area contributed by atoms with Gasteiger partial charge >= 0.3 is 5.97 Å². The minimum atomic E-state index is -3.13. The van der Waals surface area contributed by atoms with Crippen LogP contribution in [0.1, 0.15) is 29.3 Å². The van der Waals surface area contributed by atoms with E-state index in [1.165, 1.54) is 6.92 Å². The number of rotatable bonds is 4. The second kappa shape index (κ2) is 5.51. The number of aromatic nitrogens is 1. The van der Waals surface area contributed by atoms with Crippen LogP contribution in [0, 0.1) is 5.82 Å². The maximum absolute atomic E-state index is 13.6. The fourth-order valence-corrected chi connectivity index (χ4v) is 1.19. The van der Waals surface area contributed by atoms with E-state index >= 15 is 0 Å². The highest BCUT2D eigenvalue weighted by Gasteiger charge is 2.26. The second-order valence-corrected chi connectivity index (χ2v) is 2.93. The molecule has 1 rings (SSSR count). The van der Waals surface area contributed by atoms with E-state index in [4.69, 9.17) is 0 Å². The van der Waals surface area contributed by atoms with Crippen LogP contribution in [-0.4, -0.2) is 24.7 Å². The molecule has 7 heteroatoms. The first-order chi connectivity index (χ1) is 8.02. The lowest BCUT2D eigenvalue weighted by molar-refractivity contribution is 0.0518. The molecule has 0 unspecified atom stereocenters. The van der Waals surface area contributed by atoms with Gasteiger partial charge in [0.25, 0.3) is 6.43 Å². The zero-order valence-electron chi connectivity index (χ0n) is 9.17. The van der Waals surface area contributed by atoms with Gasteiger partial charge in [0.05, 0.1) is 13.7 Å². The van der Waals surface area contributed by atoms with Crippen molar-refractivity contribution in [3.8, 4) is 5.88 Å². The lowest BCUT2D eigenvalue weighted by atomic mass is 10.2. The van der Waals surface area contributed by atoms with Crippen LogP contribution in [0.4, 0.5) is 13.2 Å². The van der Waals surface area contributed by atoms with Gasteiger partial charge in [0, 0.05) is 6.20 Å². The molecule has 0 spiro atoms. The van der Waals surface area contributed by atoms with Crippen LogP contribution in [0.25, 0.3) is 0 Å². The van der Waals surface area contributed by atoms with E-state index in [1.807, 2.05) is 0 Å². The molecule has 1 aromatic rings. The molecule has 0 aliphatic carbocycles. The normalized spacial score (nSPS) is 10.5. The summed E-state index contributed by atoms with van der Waals surface area (Å²) in [5.41, 5.74) is -1.68. The highest BCUT2D eigenvalue weighted by molar-refractivity contribution is 5.89. The fourth-order valence-electron chi connectivity index (χ4n) is 1.19. The Morgan fingerprint density at radius 3 is 2.65 bits per heavy atom. The van der Waals surface area contributed by atoms with Crippen molar-refractivity contribution in [1.82, 2.24) is 4.98 Å². The monoisotopic (exact) mass is 249 g/mol. The first-order valence-electron chi connectivity index (χ1n) is 4.70. The highest BCUT2D eigenvalue weighted by atomic mass is 19.3. The maximum Gasteiger partial charge on any atom is 0.342 e. The Bertz CT molecular complexity index is 424. The summed E-state index contributed by atoms with van der Waals surface area (Å²) >= 11 is 0. The highest BCUT2D eigenvalue weighted by Crippen LogP contribution is 2.31. The number of hydrogen-bond donors (Lipinski definition) is 0. The number of carbonyl (C=O) groups excluding carboxylic acids is 1. The molecule has 0 aliphatic rings. The van der Waals surface area contributed by atoms with E-state index in [0.717, 1.165) is 13.3 Å². The van der Waals surface area contributed by atoms with Gasteiger partial charge in [-0.15, -0.1) is 0 Å². The van der Waals surface area contributed by atoms with Gasteiger partial charge in [-0.05, 0) is 6.92 Å². The lowest BCUT2D eigenvalue weighted by Crippen LogP contribution is -2.11. The Morgan fingerprint density at radius 2 is 2.18 bits per heavy atom. The summed E-state index contributed by atoms with van der Waals surface area (Å²) in [6.07, 6.45) is -2.33. The van der Waals surface area contributed by atoms with Gasteiger partial charge in [0.2, 0.25) is 5.88 Å². The third-order valence-corrected chi connectivity index (χ3v) is 1.92. The van der Waals surface area contributed by atoms with Crippen molar-refractivity contribution >= 4 is 5.97 Å². The van der Waals surface area contributed by atoms with Crippen LogP contribution in [-0.2, 0) is 4.74 Å². The van der Waals surface area contributed by atoms with E-state index < -0.39 is 35.2 Å². The zero-order chi connectivity index (χ0) is 13.0. The molecule has 0 aromatic carbocycles. The summed E-state index contributed by atoms with van der Waals surface area (Å²) in [7, 11) is 1.08. The molecular formula is C10H10F3NO3. The van der Waals surface area contributed by atoms with Crippen LogP contribution >= 0.6 is 0 Å². The summed E-state index contributed by atoms with van der Waals surface area (Å²) < 4.78 is 47.8. The third kappa shape index (κ3) is 2.66. The number of carbonyl (C=O) groups is 1. The van der Waals surface area contributed by atoms with Crippen LogP contribution in [0.3, 0.4) is 0 Å². The lowest BCUT2D eigenvalue weighted by Gasteiger charge is -2.10. The molecule has 94 valence electrons. The zero-order valence-corrected chi connectivity index (χ0v) is 9.17. The number of hydrogen-bond acceptors (Lipinski definition) is 4. The predicted octanol–water partition coefficient (Wildman–Crippen LogP) is 2.34. The minimum Gasteiger partial charge on any atom is -0.481 e. The van der Waals surface area contributed by atoms with Gasteiger partial charge in [-0.1, -0.05) is 0 Å². The Morgan fingerprint density at radius 1 is 1.53 bits per heavy atom. The van der Waals surface area contributed by atoms with Crippen molar-refractivity contribution in [2.24, 2.45) is 0 Å². The SMILES string of the molecule is CCOC(=O)c1cnc(OC)c(C(F)F)c1F. The standard InChI is InChI=1S/C10H10F3NO3/c1-3-17-10(15)5-4-14-9(16-2)6(7(5)11)8(12)13/h4,8H,3H2,1-2H3. The number of pyridine rings is 1. The van der Waals surface area contributed by atoms with Crippen LogP contribution in [0.2, 0.25) is 0 Å². The smallest absolute Gasteiger partial charge is 0.342 e. The predicted molar refractivity (Wildman–Crippen MR) is 51.7 cm³/mol. The average Bonchev–Trinajstić information content (AvgIpc) is 2.27. The average molecular weight is 249 g/mol. The van der Waals surface area contributed by atoms with Crippen molar-refractivity contribution in [2.45, 2.75) is 13.3 Å². The van der Waals surface area contributed by atoms with Crippen LogP contribution in [0.15, 0.2) is 6.20 Å². The van der Waals surface area contributed by atoms with Gasteiger partial charge in [-0.25, -0.2) is 22.9 Å². The number of ether oxygens (including phenoxy) is 2. The quantitative estimate of drug-likeness (QED) is 0.768. The molecule has 4 nitrogen and oxygen atoms in total. The molecule has 0 N–H and O–H groups in total. The first kappa shape index (κ1) is 13.3.